The van der Waals surface area contributed by atoms with Crippen LogP contribution >= 0.6 is 0 Å². The number of carbonyl (C=O) groups excluding carboxylic acids is 1. The van der Waals surface area contributed by atoms with Crippen molar-refractivity contribution in [1.29, 1.82) is 0 Å². The predicted molar refractivity (Wildman–Crippen MR) is 96.1 cm³/mol. The molecule has 0 bridgehead atoms. The van der Waals surface area contributed by atoms with Gasteiger partial charge in [-0.15, -0.1) is 0 Å². The summed E-state index contributed by atoms with van der Waals surface area (Å²) in [5.41, 5.74) is 0.731. The largest absolute Gasteiger partial charge is 0.382 e. The molecule has 2 aromatic carbocycles. The summed E-state index contributed by atoms with van der Waals surface area (Å²) in [6.07, 6.45) is -1.39. The molecule has 2 aliphatic rings. The Hall–Kier alpha value is -2.77. The molecule has 28 heavy (non-hydrogen) atoms. The maximum atomic E-state index is 12.7. The van der Waals surface area contributed by atoms with Gasteiger partial charge >= 0.3 is 0 Å². The van der Waals surface area contributed by atoms with Gasteiger partial charge in [-0.1, -0.05) is 0 Å². The zero-order valence-corrected chi connectivity index (χ0v) is 15.4. The highest BCUT2D eigenvalue weighted by Gasteiger charge is 2.36. The molecule has 1 unspecified atom stereocenters. The van der Waals surface area contributed by atoms with E-state index in [2.05, 4.69) is 10.6 Å². The first-order valence-corrected chi connectivity index (χ1v) is 10.6. The molecule has 10 nitrogen and oxygen atoms in total. The zero-order chi connectivity index (χ0) is 20.4. The molecule has 0 aliphatic carbocycles. The third-order valence-corrected chi connectivity index (χ3v) is 6.15. The lowest BCUT2D eigenvalue weighted by molar-refractivity contribution is 0.103. The third-order valence-electron chi connectivity index (χ3n) is 4.45. The summed E-state index contributed by atoms with van der Waals surface area (Å²) < 4.78 is 63.5. The van der Waals surface area contributed by atoms with Crippen LogP contribution in [0.4, 0.5) is 11.4 Å². The monoisotopic (exact) mass is 424 g/mol. The SMILES string of the molecule is O=C1/C(=C2\Nc3ccc(S(=O)(=O)O)cc3C2O)Nc2ccc(S(=O)(=O)O)cc21. The Morgan fingerprint density at radius 2 is 1.39 bits per heavy atom. The van der Waals surface area contributed by atoms with Gasteiger partial charge < -0.3 is 15.7 Å². The first-order chi connectivity index (χ1) is 13.0. The molecule has 4 rings (SSSR count). The molecule has 0 aromatic heterocycles. The first kappa shape index (κ1) is 18.6. The Kier molecular flexibility index (Phi) is 3.89. The minimum Gasteiger partial charge on any atom is -0.382 e. The van der Waals surface area contributed by atoms with Crippen molar-refractivity contribution in [2.45, 2.75) is 15.9 Å². The number of ketones is 1. The van der Waals surface area contributed by atoms with E-state index in [1.54, 1.807) is 0 Å². The lowest BCUT2D eigenvalue weighted by Gasteiger charge is -2.09. The van der Waals surface area contributed by atoms with Gasteiger partial charge in [0.25, 0.3) is 20.2 Å². The minimum absolute atomic E-state index is 0.0128. The van der Waals surface area contributed by atoms with Crippen LogP contribution in [0, 0.1) is 0 Å². The van der Waals surface area contributed by atoms with Gasteiger partial charge in [-0.3, -0.25) is 13.9 Å². The molecule has 1 atom stereocenters. The Morgan fingerprint density at radius 1 is 0.821 bits per heavy atom. The zero-order valence-electron chi connectivity index (χ0n) is 13.7. The topological polar surface area (TPSA) is 170 Å². The van der Waals surface area contributed by atoms with Gasteiger partial charge in [-0.2, -0.15) is 16.8 Å². The molecule has 5 N–H and O–H groups in total. The van der Waals surface area contributed by atoms with E-state index in [-0.39, 0.29) is 28.2 Å². The lowest BCUT2D eigenvalue weighted by Crippen LogP contribution is -2.12. The minimum atomic E-state index is -4.50. The molecule has 0 saturated carbocycles. The maximum absolute atomic E-state index is 12.7. The molecule has 12 heteroatoms. The van der Waals surface area contributed by atoms with Crippen LogP contribution in [0.2, 0.25) is 0 Å². The van der Waals surface area contributed by atoms with Gasteiger partial charge in [-0.25, -0.2) is 0 Å². The van der Waals surface area contributed by atoms with Gasteiger partial charge in [0, 0.05) is 16.8 Å². The highest BCUT2D eigenvalue weighted by Crippen LogP contribution is 2.42. The third kappa shape index (κ3) is 2.87. The van der Waals surface area contributed by atoms with Crippen LogP contribution in [0.3, 0.4) is 0 Å². The predicted octanol–water partition coefficient (Wildman–Crippen LogP) is 1.16. The number of fused-ring (bicyclic) bond motifs is 2. The maximum Gasteiger partial charge on any atom is 0.294 e. The fraction of sp³-hybridized carbons (Fsp3) is 0.0625. The molecule has 0 saturated heterocycles. The van der Waals surface area contributed by atoms with Gasteiger partial charge in [0.2, 0.25) is 5.78 Å². The van der Waals surface area contributed by atoms with E-state index in [1.807, 2.05) is 0 Å². The highest BCUT2D eigenvalue weighted by atomic mass is 32.2. The van der Waals surface area contributed by atoms with E-state index in [9.17, 15) is 26.7 Å². The second kappa shape index (κ2) is 5.86. The van der Waals surface area contributed by atoms with Gasteiger partial charge in [0.1, 0.15) is 11.8 Å². The molecule has 146 valence electrons. The van der Waals surface area contributed by atoms with Crippen molar-refractivity contribution in [3.05, 3.63) is 58.9 Å². The van der Waals surface area contributed by atoms with Gasteiger partial charge in [-0.05, 0) is 36.4 Å². The molecular formula is C16H12N2O8S2. The average molecular weight is 424 g/mol. The number of carbonyl (C=O) groups is 1. The van der Waals surface area contributed by atoms with E-state index in [4.69, 9.17) is 9.11 Å². The van der Waals surface area contributed by atoms with E-state index in [0.717, 1.165) is 24.3 Å². The number of aliphatic hydroxyl groups is 1. The van der Waals surface area contributed by atoms with Crippen LogP contribution in [-0.4, -0.2) is 36.8 Å². The van der Waals surface area contributed by atoms with Crippen molar-refractivity contribution in [2.24, 2.45) is 0 Å². The molecule has 2 aliphatic heterocycles. The molecule has 0 fully saturated rings. The van der Waals surface area contributed by atoms with Crippen LogP contribution < -0.4 is 10.6 Å². The lowest BCUT2D eigenvalue weighted by atomic mass is 10.1. The summed E-state index contributed by atoms with van der Waals surface area (Å²) in [5.74, 6) is -0.621. The molecule has 2 aromatic rings. The normalized spacial score (nSPS) is 21.1. The molecule has 0 spiro atoms. The van der Waals surface area contributed by atoms with Crippen molar-refractivity contribution >= 4 is 37.4 Å². The number of nitrogens with one attached hydrogen (secondary N) is 2. The van der Waals surface area contributed by atoms with Crippen LogP contribution in [-0.2, 0) is 20.2 Å². The number of allylic oxidation sites excluding steroid dienone is 1. The fourth-order valence-corrected chi connectivity index (χ4v) is 4.13. The fourth-order valence-electron chi connectivity index (χ4n) is 3.11. The number of benzene rings is 2. The summed E-state index contributed by atoms with van der Waals surface area (Å²) >= 11 is 0. The molecule has 0 radical (unpaired) electrons. The van der Waals surface area contributed by atoms with Gasteiger partial charge in [0.05, 0.1) is 21.2 Å². The second-order valence-corrected chi connectivity index (χ2v) is 9.02. The number of rotatable bonds is 2. The van der Waals surface area contributed by atoms with Crippen molar-refractivity contribution in [3.63, 3.8) is 0 Å². The molecular weight excluding hydrogens is 412 g/mol. The summed E-state index contributed by atoms with van der Waals surface area (Å²) in [6, 6.07) is 6.98. The number of hydrogen-bond donors (Lipinski definition) is 5. The molecule has 0 amide bonds. The van der Waals surface area contributed by atoms with Crippen LogP contribution in [0.25, 0.3) is 0 Å². The smallest absolute Gasteiger partial charge is 0.294 e. The van der Waals surface area contributed by atoms with E-state index in [1.165, 1.54) is 12.1 Å². The summed E-state index contributed by atoms with van der Waals surface area (Å²) in [4.78, 5) is 11.8. The van der Waals surface area contributed by atoms with Crippen molar-refractivity contribution in [2.75, 3.05) is 10.6 Å². The van der Waals surface area contributed by atoms with E-state index in [0.29, 0.717) is 5.69 Å². The highest BCUT2D eigenvalue weighted by molar-refractivity contribution is 7.86. The summed E-state index contributed by atoms with van der Waals surface area (Å²) in [6.45, 7) is 0. The Labute approximate surface area is 159 Å². The Morgan fingerprint density at radius 3 is 2.00 bits per heavy atom. The number of aliphatic hydroxyl groups excluding tert-OH is 1. The van der Waals surface area contributed by atoms with Crippen molar-refractivity contribution < 1.29 is 35.8 Å². The van der Waals surface area contributed by atoms with Crippen molar-refractivity contribution in [1.82, 2.24) is 0 Å². The molecule has 2 heterocycles. The van der Waals surface area contributed by atoms with E-state index < -0.39 is 41.9 Å². The first-order valence-electron chi connectivity index (χ1n) is 7.71. The number of hydrogen-bond acceptors (Lipinski definition) is 8. The number of anilines is 2. The average Bonchev–Trinajstić information content (AvgIpc) is 3.10. The summed E-state index contributed by atoms with van der Waals surface area (Å²) in [5, 5.41) is 16.1. The van der Waals surface area contributed by atoms with Crippen molar-refractivity contribution in [3.8, 4) is 0 Å². The summed E-state index contributed by atoms with van der Waals surface area (Å²) in [7, 11) is -8.97. The van der Waals surface area contributed by atoms with Crippen LogP contribution in [0.5, 0.6) is 0 Å². The van der Waals surface area contributed by atoms with Crippen LogP contribution in [0.1, 0.15) is 22.0 Å². The van der Waals surface area contributed by atoms with Gasteiger partial charge in [0.15, 0.2) is 0 Å². The number of Topliss-reactive ketones (excluding diaryl/α,β-unsaturated/α-hetero) is 1. The standard InChI is InChI=1S/C16H12N2O8S2/c19-15-9-5-7(27(21,22)23)1-3-11(9)17-13(15)14-16(20)10-6-8(28(24,25)26)2-4-12(10)18-14/h1-6,15,17-19H,(H,21,22,23)(H,24,25,26)/b14-13+. The Bertz CT molecular complexity index is 1300. The van der Waals surface area contributed by atoms with E-state index >= 15 is 0 Å². The second-order valence-electron chi connectivity index (χ2n) is 6.18. The quantitative estimate of drug-likeness (QED) is 0.348. The Balaban J connectivity index is 1.77. The van der Waals surface area contributed by atoms with Crippen LogP contribution in [0.15, 0.2) is 57.6 Å².